The van der Waals surface area contributed by atoms with E-state index >= 15 is 0 Å². The quantitative estimate of drug-likeness (QED) is 0.352. The molecule has 2 aromatic heterocycles. The average Bonchev–Trinajstić information content (AvgIpc) is 3.38. The van der Waals surface area contributed by atoms with E-state index in [0.29, 0.717) is 12.5 Å². The Morgan fingerprint density at radius 3 is 2.66 bits per heavy atom. The van der Waals surface area contributed by atoms with Crippen molar-refractivity contribution in [2.75, 3.05) is 24.4 Å². The summed E-state index contributed by atoms with van der Waals surface area (Å²) < 4.78 is 1.70. The Morgan fingerprint density at radius 2 is 1.91 bits per heavy atom. The fourth-order valence-electron chi connectivity index (χ4n) is 4.10. The summed E-state index contributed by atoms with van der Waals surface area (Å²) in [5.41, 5.74) is 7.38. The molecular weight excluding hydrogens is 418 g/mol. The maximum atomic E-state index is 13.5. The lowest BCUT2D eigenvalue weighted by Gasteiger charge is -2.12. The van der Waals surface area contributed by atoms with Crippen LogP contribution in [0.5, 0.6) is 0 Å². The molecule has 0 amide bonds. The van der Waals surface area contributed by atoms with Gasteiger partial charge in [-0.3, -0.25) is 9.36 Å². The predicted molar refractivity (Wildman–Crippen MR) is 133 cm³/mol. The number of rotatable bonds is 6. The minimum Gasteiger partial charge on any atom is -0.378 e. The Bertz CT molecular complexity index is 1340. The van der Waals surface area contributed by atoms with Crippen LogP contribution in [0.2, 0.25) is 0 Å². The topological polar surface area (TPSA) is 62.5 Å². The Morgan fingerprint density at radius 1 is 1.12 bits per heavy atom. The highest BCUT2D eigenvalue weighted by Gasteiger charge is 2.23. The number of aromatic nitrogens is 2. The molecule has 0 bridgehead atoms. The largest absolute Gasteiger partial charge is 0.378 e. The minimum atomic E-state index is 0.00582. The van der Waals surface area contributed by atoms with Gasteiger partial charge in [0.15, 0.2) is 0 Å². The smallest absolute Gasteiger partial charge is 0.264 e. The molecule has 1 aliphatic rings. The first-order valence-electron chi connectivity index (χ1n) is 10.8. The molecule has 0 saturated carbocycles. The van der Waals surface area contributed by atoms with Crippen molar-refractivity contribution in [2.24, 2.45) is 5.10 Å². The third-order valence-corrected chi connectivity index (χ3v) is 6.98. The SMILES string of the molecule is CN(C)c1ccc(C=NNc2nc3sc4c(c3c(=O)n2Cc2ccccc2)CCC4)cc1. The minimum absolute atomic E-state index is 0.00582. The summed E-state index contributed by atoms with van der Waals surface area (Å²) in [6, 6.07) is 18.1. The average molecular weight is 444 g/mol. The van der Waals surface area contributed by atoms with E-state index in [4.69, 9.17) is 4.98 Å². The van der Waals surface area contributed by atoms with E-state index in [1.807, 2.05) is 68.7 Å². The lowest BCUT2D eigenvalue weighted by atomic mass is 10.2. The fourth-order valence-corrected chi connectivity index (χ4v) is 5.35. The second-order valence-corrected chi connectivity index (χ2v) is 9.29. The van der Waals surface area contributed by atoms with Gasteiger partial charge in [0.25, 0.3) is 5.56 Å². The van der Waals surface area contributed by atoms with Gasteiger partial charge in [-0.1, -0.05) is 42.5 Å². The first-order valence-corrected chi connectivity index (χ1v) is 11.6. The van der Waals surface area contributed by atoms with Crippen molar-refractivity contribution < 1.29 is 0 Å². The molecule has 7 heteroatoms. The van der Waals surface area contributed by atoms with E-state index in [1.54, 1.807) is 22.1 Å². The number of hydrogen-bond acceptors (Lipinski definition) is 6. The van der Waals surface area contributed by atoms with Crippen LogP contribution >= 0.6 is 11.3 Å². The third kappa shape index (κ3) is 3.91. The number of anilines is 2. The van der Waals surface area contributed by atoms with Gasteiger partial charge in [0.1, 0.15) is 4.83 Å². The van der Waals surface area contributed by atoms with Crippen LogP contribution in [0, 0.1) is 0 Å². The summed E-state index contributed by atoms with van der Waals surface area (Å²) in [7, 11) is 4.03. The molecular formula is C25H25N5OS. The van der Waals surface area contributed by atoms with E-state index < -0.39 is 0 Å². The molecule has 4 aromatic rings. The molecule has 0 fully saturated rings. The van der Waals surface area contributed by atoms with Crippen LogP contribution in [0.15, 0.2) is 64.5 Å². The van der Waals surface area contributed by atoms with E-state index in [9.17, 15) is 4.79 Å². The van der Waals surface area contributed by atoms with Gasteiger partial charge < -0.3 is 4.90 Å². The molecule has 32 heavy (non-hydrogen) atoms. The van der Waals surface area contributed by atoms with Crippen LogP contribution in [-0.4, -0.2) is 29.9 Å². The summed E-state index contributed by atoms with van der Waals surface area (Å²) in [5, 5.41) is 5.18. The first kappa shape index (κ1) is 20.5. The molecule has 6 nitrogen and oxygen atoms in total. The van der Waals surface area contributed by atoms with Gasteiger partial charge in [-0.05, 0) is 48.1 Å². The molecule has 2 aromatic carbocycles. The number of aryl methyl sites for hydroxylation is 2. The zero-order valence-corrected chi connectivity index (χ0v) is 19.0. The molecule has 0 spiro atoms. The Labute approximate surface area is 190 Å². The van der Waals surface area contributed by atoms with Crippen molar-refractivity contribution in [2.45, 2.75) is 25.8 Å². The van der Waals surface area contributed by atoms with Gasteiger partial charge >= 0.3 is 0 Å². The maximum absolute atomic E-state index is 13.5. The van der Waals surface area contributed by atoms with Crippen LogP contribution in [0.25, 0.3) is 10.2 Å². The molecule has 1 aliphatic carbocycles. The third-order valence-electron chi connectivity index (χ3n) is 5.80. The number of hydrogen-bond donors (Lipinski definition) is 1. The van der Waals surface area contributed by atoms with Crippen molar-refractivity contribution in [1.82, 2.24) is 9.55 Å². The van der Waals surface area contributed by atoms with Crippen LogP contribution in [-0.2, 0) is 19.4 Å². The summed E-state index contributed by atoms with van der Waals surface area (Å²) in [5.74, 6) is 0.465. The lowest BCUT2D eigenvalue weighted by Crippen LogP contribution is -2.24. The van der Waals surface area contributed by atoms with E-state index in [1.165, 1.54) is 10.4 Å². The molecule has 0 saturated heterocycles. The number of nitrogens with one attached hydrogen (secondary N) is 1. The van der Waals surface area contributed by atoms with E-state index in [-0.39, 0.29) is 5.56 Å². The van der Waals surface area contributed by atoms with E-state index in [0.717, 1.165) is 46.3 Å². The molecule has 0 aliphatic heterocycles. The number of thiophene rings is 1. The van der Waals surface area contributed by atoms with Gasteiger partial charge in [-0.2, -0.15) is 5.10 Å². The zero-order valence-electron chi connectivity index (χ0n) is 18.2. The maximum Gasteiger partial charge on any atom is 0.264 e. The van der Waals surface area contributed by atoms with Gasteiger partial charge in [-0.15, -0.1) is 11.3 Å². The Kier molecular flexibility index (Phi) is 5.49. The lowest BCUT2D eigenvalue weighted by molar-refractivity contribution is 0.755. The number of fused-ring (bicyclic) bond motifs is 3. The predicted octanol–water partition coefficient (Wildman–Crippen LogP) is 4.51. The molecule has 0 unspecified atom stereocenters. The summed E-state index contributed by atoms with van der Waals surface area (Å²) in [6.45, 7) is 0.447. The van der Waals surface area contributed by atoms with Crippen LogP contribution < -0.4 is 15.9 Å². The standard InChI is InChI=1S/C25H25N5OS/c1-29(2)19-13-11-17(12-14-19)15-26-28-25-27-23-22(20-9-6-10-21(20)32-23)24(31)30(25)16-18-7-4-3-5-8-18/h3-5,7-8,11-15H,6,9-10,16H2,1-2H3,(H,27,28). The van der Waals surface area contributed by atoms with Gasteiger partial charge in [0.2, 0.25) is 5.95 Å². The molecule has 5 rings (SSSR count). The monoisotopic (exact) mass is 443 g/mol. The number of hydrazone groups is 1. The summed E-state index contributed by atoms with van der Waals surface area (Å²) in [4.78, 5) is 22.5. The Balaban J connectivity index is 1.50. The van der Waals surface area contributed by atoms with Crippen molar-refractivity contribution in [3.8, 4) is 0 Å². The summed E-state index contributed by atoms with van der Waals surface area (Å²) in [6.07, 6.45) is 4.87. The van der Waals surface area contributed by atoms with Crippen LogP contribution in [0.3, 0.4) is 0 Å². The number of nitrogens with zero attached hydrogens (tertiary/aromatic N) is 4. The van der Waals surface area contributed by atoms with Crippen molar-refractivity contribution in [1.29, 1.82) is 0 Å². The van der Waals surface area contributed by atoms with Crippen molar-refractivity contribution in [3.05, 3.63) is 86.5 Å². The van der Waals surface area contributed by atoms with Crippen LogP contribution in [0.1, 0.15) is 28.0 Å². The second-order valence-electron chi connectivity index (χ2n) is 8.21. The number of benzene rings is 2. The van der Waals surface area contributed by atoms with Gasteiger partial charge in [0.05, 0.1) is 18.1 Å². The molecule has 1 N–H and O–H groups in total. The Hall–Kier alpha value is -3.45. The highest BCUT2D eigenvalue weighted by molar-refractivity contribution is 7.18. The first-order chi connectivity index (χ1) is 15.6. The second kappa shape index (κ2) is 8.59. The molecule has 2 heterocycles. The van der Waals surface area contributed by atoms with Gasteiger partial charge in [-0.25, -0.2) is 10.4 Å². The zero-order chi connectivity index (χ0) is 22.1. The van der Waals surface area contributed by atoms with E-state index in [2.05, 4.69) is 15.4 Å². The molecule has 0 radical (unpaired) electrons. The summed E-state index contributed by atoms with van der Waals surface area (Å²) >= 11 is 1.64. The van der Waals surface area contributed by atoms with Crippen LogP contribution in [0.4, 0.5) is 11.6 Å². The highest BCUT2D eigenvalue weighted by Crippen LogP contribution is 2.35. The normalized spacial score (nSPS) is 13.1. The van der Waals surface area contributed by atoms with Crippen molar-refractivity contribution >= 4 is 39.4 Å². The molecule has 0 atom stereocenters. The van der Waals surface area contributed by atoms with Crippen molar-refractivity contribution in [3.63, 3.8) is 0 Å². The van der Waals surface area contributed by atoms with Gasteiger partial charge in [0, 0.05) is 24.7 Å². The molecule has 162 valence electrons. The highest BCUT2D eigenvalue weighted by atomic mass is 32.1. The fraction of sp³-hybridized carbons (Fsp3) is 0.240.